The third kappa shape index (κ3) is 2.82. The van der Waals surface area contributed by atoms with Gasteiger partial charge in [-0.15, -0.1) is 0 Å². The lowest BCUT2D eigenvalue weighted by Gasteiger charge is -2.33. The SMILES string of the molecule is CCCOC1CCCN(C(=O)C2C(C(=O)O)C2(C)C)C1. The van der Waals surface area contributed by atoms with E-state index in [1.54, 1.807) is 4.90 Å². The first-order valence-corrected chi connectivity index (χ1v) is 7.52. The summed E-state index contributed by atoms with van der Waals surface area (Å²) in [6.07, 6.45) is 3.00. The molecule has 1 N–H and O–H groups in total. The highest BCUT2D eigenvalue weighted by atomic mass is 16.5. The molecule has 0 aromatic rings. The maximum atomic E-state index is 12.5. The molecule has 5 nitrogen and oxygen atoms in total. The van der Waals surface area contributed by atoms with Gasteiger partial charge in [-0.05, 0) is 24.7 Å². The molecule has 2 fully saturated rings. The number of piperidine rings is 1. The highest BCUT2D eigenvalue weighted by Crippen LogP contribution is 2.59. The van der Waals surface area contributed by atoms with Crippen molar-refractivity contribution in [1.29, 1.82) is 0 Å². The van der Waals surface area contributed by atoms with E-state index in [1.165, 1.54) is 0 Å². The highest BCUT2D eigenvalue weighted by Gasteiger charge is 2.66. The number of carboxylic acids is 1. The van der Waals surface area contributed by atoms with Gasteiger partial charge in [0.1, 0.15) is 0 Å². The van der Waals surface area contributed by atoms with Crippen LogP contribution in [0.4, 0.5) is 0 Å². The lowest BCUT2D eigenvalue weighted by atomic mass is 10.1. The fourth-order valence-corrected chi connectivity index (χ4v) is 3.32. The summed E-state index contributed by atoms with van der Waals surface area (Å²) in [4.78, 5) is 25.5. The summed E-state index contributed by atoms with van der Waals surface area (Å²) >= 11 is 0. The smallest absolute Gasteiger partial charge is 0.307 e. The number of carbonyl (C=O) groups excluding carboxylic acids is 1. The Morgan fingerprint density at radius 3 is 2.60 bits per heavy atom. The Bertz CT molecular complexity index is 393. The van der Waals surface area contributed by atoms with Gasteiger partial charge < -0.3 is 14.7 Å². The first kappa shape index (κ1) is 15.3. The predicted molar refractivity (Wildman–Crippen MR) is 74.2 cm³/mol. The van der Waals surface area contributed by atoms with Crippen LogP contribution in [0.3, 0.4) is 0 Å². The molecule has 0 aromatic carbocycles. The molecule has 1 amide bonds. The van der Waals surface area contributed by atoms with Crippen molar-refractivity contribution in [1.82, 2.24) is 4.90 Å². The summed E-state index contributed by atoms with van der Waals surface area (Å²) in [7, 11) is 0. The second-order valence-corrected chi connectivity index (χ2v) is 6.53. The second-order valence-electron chi connectivity index (χ2n) is 6.53. The minimum Gasteiger partial charge on any atom is -0.481 e. The van der Waals surface area contributed by atoms with Gasteiger partial charge in [-0.1, -0.05) is 20.8 Å². The molecule has 2 rings (SSSR count). The number of hydrogen-bond donors (Lipinski definition) is 1. The maximum absolute atomic E-state index is 12.5. The molecule has 2 aliphatic rings. The van der Waals surface area contributed by atoms with Crippen LogP contribution in [-0.4, -0.2) is 47.7 Å². The molecular weight excluding hydrogens is 258 g/mol. The Labute approximate surface area is 120 Å². The molecule has 3 atom stereocenters. The second kappa shape index (κ2) is 5.72. The number of ether oxygens (including phenoxy) is 1. The summed E-state index contributed by atoms with van der Waals surface area (Å²) in [6.45, 7) is 7.85. The van der Waals surface area contributed by atoms with Crippen LogP contribution in [0.2, 0.25) is 0 Å². The Morgan fingerprint density at radius 2 is 2.05 bits per heavy atom. The van der Waals surface area contributed by atoms with E-state index in [9.17, 15) is 14.7 Å². The average Bonchev–Trinajstić information content (AvgIpc) is 2.99. The monoisotopic (exact) mass is 283 g/mol. The zero-order valence-corrected chi connectivity index (χ0v) is 12.6. The quantitative estimate of drug-likeness (QED) is 0.835. The van der Waals surface area contributed by atoms with Crippen LogP contribution in [0.15, 0.2) is 0 Å². The van der Waals surface area contributed by atoms with E-state index in [0.717, 1.165) is 32.4 Å². The highest BCUT2D eigenvalue weighted by molar-refractivity contribution is 5.91. The zero-order chi connectivity index (χ0) is 14.9. The molecular formula is C15H25NO4. The van der Waals surface area contributed by atoms with Gasteiger partial charge >= 0.3 is 5.97 Å². The lowest BCUT2D eigenvalue weighted by Crippen LogP contribution is -2.44. The lowest BCUT2D eigenvalue weighted by molar-refractivity contribution is -0.143. The van der Waals surface area contributed by atoms with E-state index < -0.39 is 17.3 Å². The van der Waals surface area contributed by atoms with Crippen LogP contribution in [0.25, 0.3) is 0 Å². The molecule has 0 bridgehead atoms. The Kier molecular flexibility index (Phi) is 4.37. The Hall–Kier alpha value is -1.10. The molecule has 1 aliphatic heterocycles. The largest absolute Gasteiger partial charge is 0.481 e. The summed E-state index contributed by atoms with van der Waals surface area (Å²) in [5.74, 6) is -1.77. The van der Waals surface area contributed by atoms with Crippen LogP contribution >= 0.6 is 0 Å². The molecule has 5 heteroatoms. The molecule has 1 heterocycles. The van der Waals surface area contributed by atoms with Gasteiger partial charge in [-0.2, -0.15) is 0 Å². The number of carbonyl (C=O) groups is 2. The van der Waals surface area contributed by atoms with Crippen molar-refractivity contribution >= 4 is 11.9 Å². The first-order valence-electron chi connectivity index (χ1n) is 7.52. The van der Waals surface area contributed by atoms with Crippen molar-refractivity contribution in [3.63, 3.8) is 0 Å². The summed E-state index contributed by atoms with van der Waals surface area (Å²) < 4.78 is 5.73. The van der Waals surface area contributed by atoms with Gasteiger partial charge in [-0.25, -0.2) is 0 Å². The summed E-state index contributed by atoms with van der Waals surface area (Å²) in [6, 6.07) is 0. The number of hydrogen-bond acceptors (Lipinski definition) is 3. The van der Waals surface area contributed by atoms with Gasteiger partial charge in [-0.3, -0.25) is 9.59 Å². The maximum Gasteiger partial charge on any atom is 0.307 e. The molecule has 20 heavy (non-hydrogen) atoms. The first-order chi connectivity index (χ1) is 9.39. The van der Waals surface area contributed by atoms with Gasteiger partial charge in [0, 0.05) is 19.7 Å². The van der Waals surface area contributed by atoms with E-state index in [2.05, 4.69) is 6.92 Å². The van der Waals surface area contributed by atoms with Crippen LogP contribution in [0, 0.1) is 17.3 Å². The van der Waals surface area contributed by atoms with Crippen molar-refractivity contribution in [2.75, 3.05) is 19.7 Å². The van der Waals surface area contributed by atoms with E-state index in [1.807, 2.05) is 13.8 Å². The topological polar surface area (TPSA) is 66.8 Å². The van der Waals surface area contributed by atoms with Crippen molar-refractivity contribution in [2.24, 2.45) is 17.3 Å². The van der Waals surface area contributed by atoms with Gasteiger partial charge in [0.25, 0.3) is 0 Å². The van der Waals surface area contributed by atoms with Gasteiger partial charge in [0.2, 0.25) is 5.91 Å². The van der Waals surface area contributed by atoms with Crippen molar-refractivity contribution in [3.8, 4) is 0 Å². The fraction of sp³-hybridized carbons (Fsp3) is 0.867. The van der Waals surface area contributed by atoms with Crippen LogP contribution in [0.1, 0.15) is 40.0 Å². The van der Waals surface area contributed by atoms with Crippen LogP contribution < -0.4 is 0 Å². The number of likely N-dealkylation sites (tertiary alicyclic amines) is 1. The van der Waals surface area contributed by atoms with E-state index in [0.29, 0.717) is 6.54 Å². The number of rotatable bonds is 5. The van der Waals surface area contributed by atoms with Crippen LogP contribution in [0.5, 0.6) is 0 Å². The summed E-state index contributed by atoms with van der Waals surface area (Å²) in [5.41, 5.74) is -0.417. The van der Waals surface area contributed by atoms with Crippen LogP contribution in [-0.2, 0) is 14.3 Å². The third-order valence-corrected chi connectivity index (χ3v) is 4.61. The zero-order valence-electron chi connectivity index (χ0n) is 12.6. The molecule has 1 saturated carbocycles. The van der Waals surface area contributed by atoms with E-state index in [4.69, 9.17) is 4.74 Å². The van der Waals surface area contributed by atoms with Crippen molar-refractivity contribution in [2.45, 2.75) is 46.1 Å². The molecule has 0 aromatic heterocycles. The van der Waals surface area contributed by atoms with E-state index >= 15 is 0 Å². The molecule has 0 radical (unpaired) electrons. The minimum atomic E-state index is -0.857. The average molecular weight is 283 g/mol. The molecule has 1 saturated heterocycles. The fourth-order valence-electron chi connectivity index (χ4n) is 3.32. The normalized spacial score (nSPS) is 31.9. The number of carboxylic acid groups (broad SMARTS) is 1. The molecule has 0 spiro atoms. The number of aliphatic carboxylic acids is 1. The molecule has 1 aliphatic carbocycles. The van der Waals surface area contributed by atoms with Gasteiger partial charge in [0.05, 0.1) is 17.9 Å². The predicted octanol–water partition coefficient (Wildman–Crippen LogP) is 1.76. The third-order valence-electron chi connectivity index (χ3n) is 4.61. The van der Waals surface area contributed by atoms with E-state index in [-0.39, 0.29) is 17.9 Å². The van der Waals surface area contributed by atoms with Crippen molar-refractivity contribution < 1.29 is 19.4 Å². The molecule has 3 unspecified atom stereocenters. The van der Waals surface area contributed by atoms with Gasteiger partial charge in [0.15, 0.2) is 0 Å². The standard InChI is InChI=1S/C15H25NO4/c1-4-8-20-10-6-5-7-16(9-10)13(17)11-12(14(18)19)15(11,2)3/h10-12H,4-9H2,1-3H3,(H,18,19). The Morgan fingerprint density at radius 1 is 1.35 bits per heavy atom. The number of nitrogens with zero attached hydrogens (tertiary/aromatic N) is 1. The minimum absolute atomic E-state index is 0.00722. The summed E-state index contributed by atoms with van der Waals surface area (Å²) in [5, 5.41) is 9.18. The Balaban J connectivity index is 1.94. The molecule has 114 valence electrons. The van der Waals surface area contributed by atoms with Crippen molar-refractivity contribution in [3.05, 3.63) is 0 Å². The number of amides is 1.